The van der Waals surface area contributed by atoms with Gasteiger partial charge in [0.1, 0.15) is 18.3 Å². The van der Waals surface area contributed by atoms with Gasteiger partial charge in [0.05, 0.1) is 5.69 Å². The van der Waals surface area contributed by atoms with Crippen molar-refractivity contribution in [2.24, 2.45) is 7.05 Å². The average Bonchev–Trinajstić information content (AvgIpc) is 3.11. The Balaban J connectivity index is 1.99. The minimum Gasteiger partial charge on any atom is -0.317 e. The van der Waals surface area contributed by atoms with Gasteiger partial charge in [0.2, 0.25) is 0 Å². The molecule has 0 spiro atoms. The van der Waals surface area contributed by atoms with Gasteiger partial charge in [-0.1, -0.05) is 18.2 Å². The van der Waals surface area contributed by atoms with E-state index in [0.717, 1.165) is 11.3 Å². The van der Waals surface area contributed by atoms with Gasteiger partial charge in [-0.25, -0.2) is 0 Å². The third kappa shape index (κ3) is 2.37. The number of hydrogen-bond donors (Lipinski definition) is 1. The minimum absolute atomic E-state index is 0.163. The van der Waals surface area contributed by atoms with Crippen LogP contribution in [0.2, 0.25) is 0 Å². The summed E-state index contributed by atoms with van der Waals surface area (Å²) in [5.74, 6) is 0.426. The fraction of sp³-hybridized carbons (Fsp3) is 0.200. The zero-order chi connectivity index (χ0) is 15.7. The summed E-state index contributed by atoms with van der Waals surface area (Å²) >= 11 is 0. The number of nitrogens with one attached hydrogen (secondary N) is 1. The molecule has 22 heavy (non-hydrogen) atoms. The highest BCUT2D eigenvalue weighted by Crippen LogP contribution is 2.24. The standard InChI is InChI=1S/C15H16N6O/c1-10-6-4-5-7-12(10)15(22)18-13-11(2)20(3)19-14(13)21-8-16-17-9-21/h4-9H,1-3H3,(H,18,22). The Kier molecular flexibility index (Phi) is 3.46. The summed E-state index contributed by atoms with van der Waals surface area (Å²) in [6, 6.07) is 7.46. The predicted octanol–water partition coefficient (Wildman–Crippen LogP) is 1.87. The molecule has 0 atom stereocenters. The maximum absolute atomic E-state index is 12.5. The summed E-state index contributed by atoms with van der Waals surface area (Å²) < 4.78 is 3.38. The van der Waals surface area contributed by atoms with Crippen molar-refractivity contribution < 1.29 is 4.79 Å². The summed E-state index contributed by atoms with van der Waals surface area (Å²) in [7, 11) is 1.83. The normalized spacial score (nSPS) is 10.7. The SMILES string of the molecule is Cc1ccccc1C(=O)Nc1c(-n2cnnc2)nn(C)c1C. The van der Waals surface area contributed by atoms with E-state index in [4.69, 9.17) is 0 Å². The molecule has 0 saturated carbocycles. The highest BCUT2D eigenvalue weighted by Gasteiger charge is 2.18. The van der Waals surface area contributed by atoms with Crippen LogP contribution in [0.25, 0.3) is 5.82 Å². The van der Waals surface area contributed by atoms with Crippen molar-refractivity contribution in [1.29, 1.82) is 0 Å². The van der Waals surface area contributed by atoms with Gasteiger partial charge in [0.15, 0.2) is 5.82 Å². The fourth-order valence-electron chi connectivity index (χ4n) is 2.24. The fourth-order valence-corrected chi connectivity index (χ4v) is 2.24. The Labute approximate surface area is 127 Å². The number of anilines is 1. The van der Waals surface area contributed by atoms with Gasteiger partial charge in [-0.05, 0) is 25.5 Å². The molecule has 0 radical (unpaired) electrons. The van der Waals surface area contributed by atoms with Crippen LogP contribution in [-0.4, -0.2) is 30.5 Å². The predicted molar refractivity (Wildman–Crippen MR) is 82.0 cm³/mol. The van der Waals surface area contributed by atoms with Crippen LogP contribution in [0.4, 0.5) is 5.69 Å². The number of hydrogen-bond acceptors (Lipinski definition) is 4. The molecule has 3 aromatic rings. The Morgan fingerprint density at radius 1 is 1.14 bits per heavy atom. The summed E-state index contributed by atoms with van der Waals surface area (Å²) in [6.45, 7) is 3.81. The molecule has 112 valence electrons. The van der Waals surface area contributed by atoms with Crippen LogP contribution < -0.4 is 5.32 Å². The van der Waals surface area contributed by atoms with Gasteiger partial charge in [0.25, 0.3) is 5.91 Å². The highest BCUT2D eigenvalue weighted by atomic mass is 16.1. The van der Waals surface area contributed by atoms with Gasteiger partial charge in [-0.15, -0.1) is 10.2 Å². The summed E-state index contributed by atoms with van der Waals surface area (Å²) in [4.78, 5) is 12.5. The second-order valence-electron chi connectivity index (χ2n) is 5.05. The molecular weight excluding hydrogens is 280 g/mol. The third-order valence-electron chi connectivity index (χ3n) is 3.61. The molecule has 0 unspecified atom stereocenters. The third-order valence-corrected chi connectivity index (χ3v) is 3.61. The van der Waals surface area contributed by atoms with Crippen molar-refractivity contribution in [3.05, 3.63) is 53.7 Å². The van der Waals surface area contributed by atoms with E-state index in [1.807, 2.05) is 39.1 Å². The van der Waals surface area contributed by atoms with E-state index >= 15 is 0 Å². The zero-order valence-corrected chi connectivity index (χ0v) is 12.6. The quantitative estimate of drug-likeness (QED) is 0.800. The molecule has 0 fully saturated rings. The monoisotopic (exact) mass is 296 g/mol. The second-order valence-corrected chi connectivity index (χ2v) is 5.05. The molecule has 0 aliphatic heterocycles. The van der Waals surface area contributed by atoms with Crippen LogP contribution in [0.3, 0.4) is 0 Å². The van der Waals surface area contributed by atoms with Crippen molar-refractivity contribution in [3.63, 3.8) is 0 Å². The smallest absolute Gasteiger partial charge is 0.256 e. The first-order chi connectivity index (χ1) is 10.6. The molecule has 0 aliphatic carbocycles. The van der Waals surface area contributed by atoms with E-state index in [-0.39, 0.29) is 5.91 Å². The Hall–Kier alpha value is -2.96. The maximum atomic E-state index is 12.5. The number of carbonyl (C=O) groups excluding carboxylic acids is 1. The van der Waals surface area contributed by atoms with E-state index in [1.54, 1.807) is 28.0 Å². The highest BCUT2D eigenvalue weighted by molar-refractivity contribution is 6.06. The number of aromatic nitrogens is 5. The summed E-state index contributed by atoms with van der Waals surface area (Å²) in [6.07, 6.45) is 3.09. The van der Waals surface area contributed by atoms with E-state index in [0.29, 0.717) is 17.1 Å². The van der Waals surface area contributed by atoms with Gasteiger partial charge >= 0.3 is 0 Å². The molecule has 0 aliphatic rings. The number of aryl methyl sites for hydroxylation is 2. The van der Waals surface area contributed by atoms with Gasteiger partial charge in [0, 0.05) is 12.6 Å². The lowest BCUT2D eigenvalue weighted by atomic mass is 10.1. The van der Waals surface area contributed by atoms with Crippen LogP contribution in [0.1, 0.15) is 21.6 Å². The Bertz CT molecular complexity index is 819. The van der Waals surface area contributed by atoms with Crippen LogP contribution in [0.5, 0.6) is 0 Å². The number of amides is 1. The molecule has 1 aromatic carbocycles. The van der Waals surface area contributed by atoms with Crippen molar-refractivity contribution in [3.8, 4) is 5.82 Å². The molecule has 2 aromatic heterocycles. The first-order valence-electron chi connectivity index (χ1n) is 6.83. The van der Waals surface area contributed by atoms with Crippen molar-refractivity contribution in [2.45, 2.75) is 13.8 Å². The topological polar surface area (TPSA) is 77.6 Å². The van der Waals surface area contributed by atoms with E-state index in [2.05, 4.69) is 20.6 Å². The first-order valence-corrected chi connectivity index (χ1v) is 6.83. The molecule has 0 bridgehead atoms. The molecule has 7 heteroatoms. The summed E-state index contributed by atoms with van der Waals surface area (Å²) in [5, 5.41) is 14.9. The maximum Gasteiger partial charge on any atom is 0.256 e. The number of benzene rings is 1. The number of rotatable bonds is 3. The lowest BCUT2D eigenvalue weighted by Gasteiger charge is -2.08. The largest absolute Gasteiger partial charge is 0.317 e. The lowest BCUT2D eigenvalue weighted by molar-refractivity contribution is 0.102. The van der Waals surface area contributed by atoms with Crippen molar-refractivity contribution >= 4 is 11.6 Å². The van der Waals surface area contributed by atoms with Crippen molar-refractivity contribution in [1.82, 2.24) is 24.5 Å². The van der Waals surface area contributed by atoms with E-state index in [9.17, 15) is 4.79 Å². The van der Waals surface area contributed by atoms with Crippen LogP contribution in [0, 0.1) is 13.8 Å². The van der Waals surface area contributed by atoms with E-state index < -0.39 is 0 Å². The van der Waals surface area contributed by atoms with Gasteiger partial charge < -0.3 is 5.32 Å². The number of carbonyl (C=O) groups is 1. The van der Waals surface area contributed by atoms with Crippen LogP contribution >= 0.6 is 0 Å². The molecule has 2 heterocycles. The van der Waals surface area contributed by atoms with Gasteiger partial charge in [-0.3, -0.25) is 14.0 Å². The van der Waals surface area contributed by atoms with Crippen LogP contribution in [0.15, 0.2) is 36.9 Å². The number of nitrogens with zero attached hydrogens (tertiary/aromatic N) is 5. The molecule has 1 amide bonds. The molecule has 0 saturated heterocycles. The Morgan fingerprint density at radius 3 is 2.50 bits per heavy atom. The van der Waals surface area contributed by atoms with Crippen LogP contribution in [-0.2, 0) is 7.05 Å². The lowest BCUT2D eigenvalue weighted by Crippen LogP contribution is -2.15. The van der Waals surface area contributed by atoms with E-state index in [1.165, 1.54) is 0 Å². The minimum atomic E-state index is -0.163. The molecular formula is C15H16N6O. The summed E-state index contributed by atoms with van der Waals surface area (Å²) in [5.41, 5.74) is 3.06. The molecule has 3 rings (SSSR count). The first kappa shape index (κ1) is 14.0. The second kappa shape index (κ2) is 5.44. The Morgan fingerprint density at radius 2 is 1.82 bits per heavy atom. The van der Waals surface area contributed by atoms with Crippen molar-refractivity contribution in [2.75, 3.05) is 5.32 Å². The molecule has 7 nitrogen and oxygen atoms in total. The zero-order valence-electron chi connectivity index (χ0n) is 12.6. The average molecular weight is 296 g/mol. The molecule has 1 N–H and O–H groups in total. The van der Waals surface area contributed by atoms with Gasteiger partial charge in [-0.2, -0.15) is 5.10 Å².